The van der Waals surface area contributed by atoms with Gasteiger partial charge in [-0.3, -0.25) is 0 Å². The summed E-state index contributed by atoms with van der Waals surface area (Å²) in [6.07, 6.45) is 1.50. The van der Waals surface area contributed by atoms with Gasteiger partial charge in [0.05, 0.1) is 0 Å². The molecule has 1 N–H and O–H groups in total. The van der Waals surface area contributed by atoms with E-state index in [1.807, 2.05) is 37.4 Å². The van der Waals surface area contributed by atoms with Crippen LogP contribution in [0.3, 0.4) is 0 Å². The molecule has 0 aliphatic carbocycles. The maximum Gasteiger partial charge on any atom is 0.323 e. The number of aromatic nitrogens is 2. The fourth-order valence-electron chi connectivity index (χ4n) is 1.48. The van der Waals surface area contributed by atoms with E-state index in [1.54, 1.807) is 0 Å². The molecule has 18 heavy (non-hydrogen) atoms. The molecule has 5 heteroatoms. The van der Waals surface area contributed by atoms with E-state index in [2.05, 4.69) is 15.3 Å². The van der Waals surface area contributed by atoms with Crippen LogP contribution in [0.15, 0.2) is 36.5 Å². The molecule has 0 radical (unpaired) electrons. The average molecular weight is 240 g/mol. The molecule has 1 aromatic carbocycles. The molecule has 0 unspecified atom stereocenters. The summed E-state index contributed by atoms with van der Waals surface area (Å²) in [6, 6.07) is 11.3. The Labute approximate surface area is 105 Å². The molecule has 1 aromatic heterocycles. The minimum absolute atomic E-state index is 0.177. The zero-order valence-electron chi connectivity index (χ0n) is 9.92. The summed E-state index contributed by atoms with van der Waals surface area (Å²) >= 11 is 0. The predicted molar refractivity (Wildman–Crippen MR) is 66.0 cm³/mol. The SMILES string of the molecule is CNCc1cccc(Oc2nccc(C#N)n2)c1. The van der Waals surface area contributed by atoms with Crippen molar-refractivity contribution < 1.29 is 4.74 Å². The highest BCUT2D eigenvalue weighted by Crippen LogP contribution is 2.18. The van der Waals surface area contributed by atoms with Gasteiger partial charge in [0.2, 0.25) is 0 Å². The lowest BCUT2D eigenvalue weighted by atomic mass is 10.2. The minimum atomic E-state index is 0.177. The second-order valence-corrected chi connectivity index (χ2v) is 3.62. The molecule has 0 saturated heterocycles. The predicted octanol–water partition coefficient (Wildman–Crippen LogP) is 1.86. The van der Waals surface area contributed by atoms with E-state index in [4.69, 9.17) is 10.00 Å². The molecule has 0 atom stereocenters. The van der Waals surface area contributed by atoms with E-state index in [1.165, 1.54) is 12.3 Å². The quantitative estimate of drug-likeness (QED) is 0.883. The van der Waals surface area contributed by atoms with Crippen molar-refractivity contribution >= 4 is 0 Å². The first-order valence-corrected chi connectivity index (χ1v) is 5.46. The van der Waals surface area contributed by atoms with Crippen LogP contribution in [-0.2, 0) is 6.54 Å². The monoisotopic (exact) mass is 240 g/mol. The Morgan fingerprint density at radius 3 is 3.06 bits per heavy atom. The minimum Gasteiger partial charge on any atom is -0.424 e. The Hall–Kier alpha value is -2.45. The summed E-state index contributed by atoms with van der Waals surface area (Å²) in [6.45, 7) is 0.760. The molecule has 0 aliphatic rings. The van der Waals surface area contributed by atoms with Crippen LogP contribution >= 0.6 is 0 Å². The Balaban J connectivity index is 2.18. The fourth-order valence-corrected chi connectivity index (χ4v) is 1.48. The molecule has 0 saturated carbocycles. The lowest BCUT2D eigenvalue weighted by Crippen LogP contribution is -2.04. The van der Waals surface area contributed by atoms with Crippen molar-refractivity contribution in [3.8, 4) is 17.8 Å². The van der Waals surface area contributed by atoms with Crippen molar-refractivity contribution in [1.82, 2.24) is 15.3 Å². The van der Waals surface area contributed by atoms with Gasteiger partial charge in [0.15, 0.2) is 0 Å². The molecule has 90 valence electrons. The first-order chi connectivity index (χ1) is 8.81. The van der Waals surface area contributed by atoms with Gasteiger partial charge >= 0.3 is 6.01 Å². The van der Waals surface area contributed by atoms with Crippen LogP contribution in [0.4, 0.5) is 0 Å². The van der Waals surface area contributed by atoms with Crippen LogP contribution in [0, 0.1) is 11.3 Å². The molecule has 1 heterocycles. The van der Waals surface area contributed by atoms with Crippen molar-refractivity contribution in [3.05, 3.63) is 47.8 Å². The van der Waals surface area contributed by atoms with Gasteiger partial charge in [0.1, 0.15) is 17.5 Å². The van der Waals surface area contributed by atoms with E-state index in [0.29, 0.717) is 5.75 Å². The van der Waals surface area contributed by atoms with Crippen molar-refractivity contribution in [1.29, 1.82) is 5.26 Å². The van der Waals surface area contributed by atoms with Gasteiger partial charge in [-0.15, -0.1) is 0 Å². The fraction of sp³-hybridized carbons (Fsp3) is 0.154. The molecule has 2 rings (SSSR count). The second kappa shape index (κ2) is 5.75. The number of benzene rings is 1. The molecule has 5 nitrogen and oxygen atoms in total. The zero-order valence-corrected chi connectivity index (χ0v) is 9.92. The molecule has 0 spiro atoms. The first kappa shape index (κ1) is 12.0. The van der Waals surface area contributed by atoms with Crippen molar-refractivity contribution in [3.63, 3.8) is 0 Å². The Kier molecular flexibility index (Phi) is 3.84. The number of nitrogens with one attached hydrogen (secondary N) is 1. The standard InChI is InChI=1S/C13H12N4O/c1-15-9-10-3-2-4-12(7-10)18-13-16-6-5-11(8-14)17-13/h2-7,15H,9H2,1H3. The third-order valence-corrected chi connectivity index (χ3v) is 2.24. The highest BCUT2D eigenvalue weighted by molar-refractivity contribution is 5.31. The second-order valence-electron chi connectivity index (χ2n) is 3.62. The average Bonchev–Trinajstić information content (AvgIpc) is 2.40. The van der Waals surface area contributed by atoms with Gasteiger partial charge in [-0.25, -0.2) is 4.98 Å². The van der Waals surface area contributed by atoms with E-state index >= 15 is 0 Å². The first-order valence-electron chi connectivity index (χ1n) is 5.46. The van der Waals surface area contributed by atoms with Crippen LogP contribution in [0.2, 0.25) is 0 Å². The van der Waals surface area contributed by atoms with Crippen LogP contribution < -0.4 is 10.1 Å². The van der Waals surface area contributed by atoms with Gasteiger partial charge in [-0.05, 0) is 30.8 Å². The van der Waals surface area contributed by atoms with Crippen molar-refractivity contribution in [2.45, 2.75) is 6.54 Å². The summed E-state index contributed by atoms with van der Waals surface area (Å²) in [5, 5.41) is 11.8. The van der Waals surface area contributed by atoms with Crippen LogP contribution in [-0.4, -0.2) is 17.0 Å². The summed E-state index contributed by atoms with van der Waals surface area (Å²) in [4.78, 5) is 7.91. The Bertz CT molecular complexity index is 577. The van der Waals surface area contributed by atoms with Crippen LogP contribution in [0.1, 0.15) is 11.3 Å². The number of rotatable bonds is 4. The normalized spacial score (nSPS) is 9.78. The molecule has 0 fully saturated rings. The number of hydrogen-bond donors (Lipinski definition) is 1. The number of nitrogens with zero attached hydrogens (tertiary/aromatic N) is 3. The van der Waals surface area contributed by atoms with E-state index in [9.17, 15) is 0 Å². The van der Waals surface area contributed by atoms with Gasteiger partial charge in [-0.1, -0.05) is 12.1 Å². The maximum atomic E-state index is 8.74. The molecular formula is C13H12N4O. The topological polar surface area (TPSA) is 70.8 Å². The Morgan fingerprint density at radius 2 is 2.28 bits per heavy atom. The number of nitriles is 1. The Morgan fingerprint density at radius 1 is 1.39 bits per heavy atom. The van der Waals surface area contributed by atoms with Gasteiger partial charge < -0.3 is 10.1 Å². The van der Waals surface area contributed by atoms with E-state index in [-0.39, 0.29) is 11.7 Å². The molecule has 0 aliphatic heterocycles. The smallest absolute Gasteiger partial charge is 0.323 e. The van der Waals surface area contributed by atoms with Gasteiger partial charge in [-0.2, -0.15) is 10.2 Å². The zero-order chi connectivity index (χ0) is 12.8. The third kappa shape index (κ3) is 3.03. The largest absolute Gasteiger partial charge is 0.424 e. The van der Waals surface area contributed by atoms with Crippen LogP contribution in [0.5, 0.6) is 11.8 Å². The molecule has 0 bridgehead atoms. The van der Waals surface area contributed by atoms with Gasteiger partial charge in [0.25, 0.3) is 0 Å². The lowest BCUT2D eigenvalue weighted by molar-refractivity contribution is 0.440. The summed E-state index contributed by atoms with van der Waals surface area (Å²) in [5.41, 5.74) is 1.39. The van der Waals surface area contributed by atoms with Crippen LogP contribution in [0.25, 0.3) is 0 Å². The highest BCUT2D eigenvalue weighted by atomic mass is 16.5. The van der Waals surface area contributed by atoms with Crippen molar-refractivity contribution in [2.75, 3.05) is 7.05 Å². The summed E-state index contributed by atoms with van der Waals surface area (Å²) < 4.78 is 5.51. The van der Waals surface area contributed by atoms with E-state index < -0.39 is 0 Å². The van der Waals surface area contributed by atoms with Gasteiger partial charge in [0, 0.05) is 12.7 Å². The van der Waals surface area contributed by atoms with Crippen molar-refractivity contribution in [2.24, 2.45) is 0 Å². The number of hydrogen-bond acceptors (Lipinski definition) is 5. The highest BCUT2D eigenvalue weighted by Gasteiger charge is 2.02. The third-order valence-electron chi connectivity index (χ3n) is 2.24. The maximum absolute atomic E-state index is 8.74. The van der Waals surface area contributed by atoms with E-state index in [0.717, 1.165) is 12.1 Å². The number of ether oxygens (including phenoxy) is 1. The lowest BCUT2D eigenvalue weighted by Gasteiger charge is -2.05. The summed E-state index contributed by atoms with van der Waals surface area (Å²) in [5.74, 6) is 0.651. The summed E-state index contributed by atoms with van der Waals surface area (Å²) in [7, 11) is 1.88. The molecule has 2 aromatic rings. The molecular weight excluding hydrogens is 228 g/mol. The molecule has 0 amide bonds.